The normalized spacial score (nSPS) is 12.8. The van der Waals surface area contributed by atoms with Gasteiger partial charge in [-0.2, -0.15) is 18.4 Å². The summed E-state index contributed by atoms with van der Waals surface area (Å²) >= 11 is 0. The van der Waals surface area contributed by atoms with Crippen LogP contribution in [0.2, 0.25) is 0 Å². The fourth-order valence-electron chi connectivity index (χ4n) is 2.05. The van der Waals surface area contributed by atoms with Crippen LogP contribution in [0.25, 0.3) is 11.1 Å². The van der Waals surface area contributed by atoms with Crippen molar-refractivity contribution < 1.29 is 13.2 Å². The van der Waals surface area contributed by atoms with E-state index in [0.717, 1.165) is 23.3 Å². The highest BCUT2D eigenvalue weighted by molar-refractivity contribution is 5.68. The van der Waals surface area contributed by atoms with Crippen molar-refractivity contribution in [3.63, 3.8) is 0 Å². The van der Waals surface area contributed by atoms with Crippen molar-refractivity contribution in [1.82, 2.24) is 0 Å². The first-order valence-corrected chi connectivity index (χ1v) is 6.09. The largest absolute Gasteiger partial charge is 0.416 e. The maximum Gasteiger partial charge on any atom is 0.416 e. The predicted molar refractivity (Wildman–Crippen MR) is 70.9 cm³/mol. The Morgan fingerprint density at radius 2 is 1.60 bits per heavy atom. The van der Waals surface area contributed by atoms with E-state index in [-0.39, 0.29) is 5.92 Å². The quantitative estimate of drug-likeness (QED) is 0.756. The first-order valence-electron chi connectivity index (χ1n) is 6.09. The van der Waals surface area contributed by atoms with Crippen LogP contribution in [0.1, 0.15) is 24.0 Å². The maximum absolute atomic E-state index is 12.5. The summed E-state index contributed by atoms with van der Waals surface area (Å²) in [4.78, 5) is 0. The summed E-state index contributed by atoms with van der Waals surface area (Å²) in [6, 6.07) is 14.4. The summed E-state index contributed by atoms with van der Waals surface area (Å²) in [5.41, 5.74) is 1.60. The number of alkyl halides is 3. The Balaban J connectivity index is 2.46. The van der Waals surface area contributed by atoms with Gasteiger partial charge >= 0.3 is 6.18 Å². The average molecular weight is 275 g/mol. The summed E-state index contributed by atoms with van der Waals surface area (Å²) in [5, 5.41) is 9.01. The SMILES string of the molecule is CC(C#N)c1ccccc1-c1ccc(C(F)(F)F)cc1. The first-order chi connectivity index (χ1) is 9.43. The Morgan fingerprint density at radius 1 is 1.00 bits per heavy atom. The minimum Gasteiger partial charge on any atom is -0.198 e. The van der Waals surface area contributed by atoms with Crippen LogP contribution in [0.3, 0.4) is 0 Å². The Hall–Kier alpha value is -2.28. The molecule has 0 spiro atoms. The standard InChI is InChI=1S/C16H12F3N/c1-11(10-20)14-4-2-3-5-15(14)12-6-8-13(9-7-12)16(17,18)19/h2-9,11H,1H3. The first kappa shape index (κ1) is 14.1. The summed E-state index contributed by atoms with van der Waals surface area (Å²) in [7, 11) is 0. The Bertz CT molecular complexity index is 636. The van der Waals surface area contributed by atoms with Crippen molar-refractivity contribution in [2.75, 3.05) is 0 Å². The van der Waals surface area contributed by atoms with Crippen molar-refractivity contribution in [2.24, 2.45) is 0 Å². The molecule has 0 fully saturated rings. The van der Waals surface area contributed by atoms with E-state index < -0.39 is 11.7 Å². The number of nitrogens with zero attached hydrogens (tertiary/aromatic N) is 1. The maximum atomic E-state index is 12.5. The molecule has 1 unspecified atom stereocenters. The van der Waals surface area contributed by atoms with E-state index in [0.29, 0.717) is 5.56 Å². The fraction of sp³-hybridized carbons (Fsp3) is 0.188. The van der Waals surface area contributed by atoms with E-state index in [1.54, 1.807) is 13.0 Å². The second-order valence-corrected chi connectivity index (χ2v) is 4.51. The van der Waals surface area contributed by atoms with Crippen LogP contribution in [-0.4, -0.2) is 0 Å². The smallest absolute Gasteiger partial charge is 0.198 e. The highest BCUT2D eigenvalue weighted by Gasteiger charge is 2.30. The van der Waals surface area contributed by atoms with Gasteiger partial charge in [-0.1, -0.05) is 36.4 Å². The van der Waals surface area contributed by atoms with Gasteiger partial charge in [-0.3, -0.25) is 0 Å². The van der Waals surface area contributed by atoms with Gasteiger partial charge in [-0.25, -0.2) is 0 Å². The van der Waals surface area contributed by atoms with Gasteiger partial charge in [0.25, 0.3) is 0 Å². The zero-order valence-electron chi connectivity index (χ0n) is 10.8. The molecule has 0 radical (unpaired) electrons. The van der Waals surface area contributed by atoms with Crippen molar-refractivity contribution in [2.45, 2.75) is 19.0 Å². The molecule has 20 heavy (non-hydrogen) atoms. The van der Waals surface area contributed by atoms with Gasteiger partial charge in [0.1, 0.15) is 0 Å². The number of halogens is 3. The van der Waals surface area contributed by atoms with E-state index in [1.165, 1.54) is 12.1 Å². The number of rotatable bonds is 2. The molecule has 2 rings (SSSR count). The lowest BCUT2D eigenvalue weighted by molar-refractivity contribution is -0.137. The summed E-state index contributed by atoms with van der Waals surface area (Å²) < 4.78 is 37.6. The van der Waals surface area contributed by atoms with Crippen molar-refractivity contribution in [1.29, 1.82) is 5.26 Å². The van der Waals surface area contributed by atoms with E-state index in [4.69, 9.17) is 5.26 Å². The third-order valence-corrected chi connectivity index (χ3v) is 3.14. The minimum absolute atomic E-state index is 0.312. The van der Waals surface area contributed by atoms with Crippen molar-refractivity contribution in [3.8, 4) is 17.2 Å². The Labute approximate surface area is 115 Å². The molecule has 1 nitrogen and oxygen atoms in total. The van der Waals surface area contributed by atoms with Gasteiger partial charge < -0.3 is 0 Å². The molecular formula is C16H12F3N. The molecule has 0 saturated heterocycles. The molecule has 102 valence electrons. The molecular weight excluding hydrogens is 263 g/mol. The third-order valence-electron chi connectivity index (χ3n) is 3.14. The van der Waals surface area contributed by atoms with Crippen LogP contribution in [0.5, 0.6) is 0 Å². The van der Waals surface area contributed by atoms with Crippen LogP contribution < -0.4 is 0 Å². The van der Waals surface area contributed by atoms with Crippen LogP contribution in [0.15, 0.2) is 48.5 Å². The molecule has 0 heterocycles. The molecule has 0 bridgehead atoms. The Kier molecular flexibility index (Phi) is 3.80. The lowest BCUT2D eigenvalue weighted by Crippen LogP contribution is -2.04. The van der Waals surface area contributed by atoms with Crippen molar-refractivity contribution in [3.05, 3.63) is 59.7 Å². The van der Waals surface area contributed by atoms with E-state index >= 15 is 0 Å². The monoisotopic (exact) mass is 275 g/mol. The molecule has 1 atom stereocenters. The van der Waals surface area contributed by atoms with Crippen LogP contribution >= 0.6 is 0 Å². The number of hydrogen-bond acceptors (Lipinski definition) is 1. The molecule has 0 amide bonds. The lowest BCUT2D eigenvalue weighted by Gasteiger charge is -2.12. The Morgan fingerprint density at radius 3 is 2.15 bits per heavy atom. The minimum atomic E-state index is -4.34. The molecule has 0 N–H and O–H groups in total. The molecule has 2 aromatic rings. The second kappa shape index (κ2) is 5.38. The summed E-state index contributed by atoms with van der Waals surface area (Å²) in [6.45, 7) is 1.77. The average Bonchev–Trinajstić information content (AvgIpc) is 2.45. The van der Waals surface area contributed by atoms with Gasteiger partial charge in [0.2, 0.25) is 0 Å². The van der Waals surface area contributed by atoms with E-state index in [9.17, 15) is 13.2 Å². The fourth-order valence-corrected chi connectivity index (χ4v) is 2.05. The van der Waals surface area contributed by atoms with Crippen LogP contribution in [0.4, 0.5) is 13.2 Å². The highest BCUT2D eigenvalue weighted by Crippen LogP contribution is 2.33. The van der Waals surface area contributed by atoms with Crippen LogP contribution in [0, 0.1) is 11.3 Å². The molecule has 0 aromatic heterocycles. The van der Waals surface area contributed by atoms with Gasteiger partial charge in [0.15, 0.2) is 0 Å². The summed E-state index contributed by atoms with van der Waals surface area (Å²) in [6.07, 6.45) is -4.34. The van der Waals surface area contributed by atoms with Gasteiger partial charge in [0.05, 0.1) is 17.6 Å². The third kappa shape index (κ3) is 2.83. The topological polar surface area (TPSA) is 23.8 Å². The number of benzene rings is 2. The molecule has 0 aliphatic rings. The molecule has 0 aliphatic heterocycles. The summed E-state index contributed by atoms with van der Waals surface area (Å²) in [5.74, 6) is -0.312. The molecule has 0 saturated carbocycles. The molecule has 2 aromatic carbocycles. The second-order valence-electron chi connectivity index (χ2n) is 4.51. The number of hydrogen-bond donors (Lipinski definition) is 0. The highest BCUT2D eigenvalue weighted by atomic mass is 19.4. The zero-order chi connectivity index (χ0) is 14.8. The van der Waals surface area contributed by atoms with Crippen LogP contribution in [-0.2, 0) is 6.18 Å². The van der Waals surface area contributed by atoms with Crippen molar-refractivity contribution >= 4 is 0 Å². The number of nitriles is 1. The molecule has 4 heteroatoms. The molecule has 0 aliphatic carbocycles. The van der Waals surface area contributed by atoms with Gasteiger partial charge in [-0.15, -0.1) is 0 Å². The predicted octanol–water partition coefficient (Wildman–Crippen LogP) is 5.00. The lowest BCUT2D eigenvalue weighted by atomic mass is 9.92. The van der Waals surface area contributed by atoms with E-state index in [1.807, 2.05) is 18.2 Å². The van der Waals surface area contributed by atoms with Gasteiger partial charge in [-0.05, 0) is 35.7 Å². The zero-order valence-corrected chi connectivity index (χ0v) is 10.8. The van der Waals surface area contributed by atoms with E-state index in [2.05, 4.69) is 6.07 Å². The van der Waals surface area contributed by atoms with Gasteiger partial charge in [0, 0.05) is 0 Å².